The first-order chi connectivity index (χ1) is 13.5. The summed E-state index contributed by atoms with van der Waals surface area (Å²) in [5.74, 6) is 1.99. The average Bonchev–Trinajstić information content (AvgIpc) is 2.71. The van der Waals surface area contributed by atoms with Gasteiger partial charge in [-0.1, -0.05) is 6.07 Å². The molecule has 0 aliphatic rings. The molecule has 152 valence electrons. The third-order valence-corrected chi connectivity index (χ3v) is 4.21. The van der Waals surface area contributed by atoms with Gasteiger partial charge in [0.2, 0.25) is 0 Å². The van der Waals surface area contributed by atoms with Gasteiger partial charge in [0.1, 0.15) is 17.6 Å². The maximum Gasteiger partial charge on any atom is 0.191 e. The lowest BCUT2D eigenvalue weighted by atomic mass is 10.1. The van der Waals surface area contributed by atoms with Gasteiger partial charge < -0.3 is 24.8 Å². The maximum absolute atomic E-state index is 13.9. The fourth-order valence-electron chi connectivity index (χ4n) is 2.60. The Bertz CT molecular complexity index is 781. The fraction of sp³-hybridized carbons (Fsp3) is 0.381. The van der Waals surface area contributed by atoms with E-state index >= 15 is 0 Å². The number of aliphatic imine (C=N–C) groups is 1. The van der Waals surface area contributed by atoms with Gasteiger partial charge in [0, 0.05) is 7.05 Å². The predicted molar refractivity (Wildman–Crippen MR) is 109 cm³/mol. The first-order valence-corrected chi connectivity index (χ1v) is 9.08. The third-order valence-electron chi connectivity index (χ3n) is 4.21. The molecule has 0 heterocycles. The van der Waals surface area contributed by atoms with Crippen molar-refractivity contribution in [3.05, 3.63) is 53.8 Å². The van der Waals surface area contributed by atoms with Crippen molar-refractivity contribution in [2.24, 2.45) is 4.99 Å². The van der Waals surface area contributed by atoms with Crippen LogP contribution in [0.15, 0.2) is 47.5 Å². The minimum Gasteiger partial charge on any atom is -0.497 e. The van der Waals surface area contributed by atoms with Crippen LogP contribution in [0.2, 0.25) is 0 Å². The molecule has 0 aliphatic heterocycles. The Balaban J connectivity index is 1.86. The topological polar surface area (TPSA) is 64.1 Å². The van der Waals surface area contributed by atoms with E-state index < -0.39 is 5.82 Å². The molecule has 0 aromatic heterocycles. The van der Waals surface area contributed by atoms with E-state index in [4.69, 9.17) is 14.2 Å². The molecule has 2 unspecified atom stereocenters. The highest BCUT2D eigenvalue weighted by Gasteiger charge is 2.12. The van der Waals surface area contributed by atoms with Crippen molar-refractivity contribution >= 4 is 5.96 Å². The van der Waals surface area contributed by atoms with Crippen LogP contribution in [-0.2, 0) is 0 Å². The number of benzene rings is 2. The van der Waals surface area contributed by atoms with E-state index in [-0.39, 0.29) is 17.9 Å². The van der Waals surface area contributed by atoms with Crippen molar-refractivity contribution in [3.8, 4) is 17.2 Å². The molecule has 0 fully saturated rings. The molecule has 2 rings (SSSR count). The van der Waals surface area contributed by atoms with Gasteiger partial charge in [0.15, 0.2) is 17.5 Å². The zero-order chi connectivity index (χ0) is 20.5. The molecule has 0 saturated carbocycles. The van der Waals surface area contributed by atoms with E-state index in [1.165, 1.54) is 13.2 Å². The molecule has 0 amide bonds. The van der Waals surface area contributed by atoms with Crippen LogP contribution < -0.4 is 24.8 Å². The number of halogens is 1. The quantitative estimate of drug-likeness (QED) is 0.534. The molecule has 2 N–H and O–H groups in total. The number of hydrogen-bond acceptors (Lipinski definition) is 4. The van der Waals surface area contributed by atoms with Gasteiger partial charge in [-0.05, 0) is 55.8 Å². The fourth-order valence-corrected chi connectivity index (χ4v) is 2.60. The highest BCUT2D eigenvalue weighted by molar-refractivity contribution is 5.80. The minimum atomic E-state index is -0.391. The summed E-state index contributed by atoms with van der Waals surface area (Å²) in [7, 11) is 4.76. The largest absolute Gasteiger partial charge is 0.497 e. The molecule has 2 aromatic carbocycles. The highest BCUT2D eigenvalue weighted by atomic mass is 19.1. The molecule has 0 saturated heterocycles. The van der Waals surface area contributed by atoms with Gasteiger partial charge in [-0.3, -0.25) is 4.99 Å². The molecular formula is C21H28FN3O3. The smallest absolute Gasteiger partial charge is 0.191 e. The van der Waals surface area contributed by atoms with Gasteiger partial charge in [-0.2, -0.15) is 0 Å². The molecule has 0 spiro atoms. The van der Waals surface area contributed by atoms with Crippen molar-refractivity contribution < 1.29 is 18.6 Å². The normalized spacial score (nSPS) is 13.4. The van der Waals surface area contributed by atoms with E-state index in [0.29, 0.717) is 12.5 Å². The third kappa shape index (κ3) is 6.04. The summed E-state index contributed by atoms with van der Waals surface area (Å²) in [5.41, 5.74) is 0.795. The molecule has 0 bridgehead atoms. The lowest BCUT2D eigenvalue weighted by Crippen LogP contribution is -2.42. The number of methoxy groups -OCH3 is 2. The van der Waals surface area contributed by atoms with Gasteiger partial charge in [-0.25, -0.2) is 4.39 Å². The monoisotopic (exact) mass is 389 g/mol. The number of ether oxygens (including phenoxy) is 3. The lowest BCUT2D eigenvalue weighted by molar-refractivity contribution is 0.223. The molecule has 0 aliphatic carbocycles. The minimum absolute atomic E-state index is 0.0827. The van der Waals surface area contributed by atoms with Crippen molar-refractivity contribution in [2.75, 3.05) is 27.8 Å². The van der Waals surface area contributed by atoms with Gasteiger partial charge in [0.25, 0.3) is 0 Å². The number of rotatable bonds is 8. The van der Waals surface area contributed by atoms with Crippen LogP contribution in [0.4, 0.5) is 4.39 Å². The number of guanidine groups is 1. The Labute approximate surface area is 165 Å². The number of nitrogens with zero attached hydrogens (tertiary/aromatic N) is 1. The van der Waals surface area contributed by atoms with E-state index in [1.807, 2.05) is 44.2 Å². The molecule has 6 nitrogen and oxygen atoms in total. The summed E-state index contributed by atoms with van der Waals surface area (Å²) < 4.78 is 29.9. The summed E-state index contributed by atoms with van der Waals surface area (Å²) in [6, 6.07) is 12.2. The van der Waals surface area contributed by atoms with E-state index in [0.717, 1.165) is 17.1 Å². The van der Waals surface area contributed by atoms with Crippen LogP contribution in [0.1, 0.15) is 25.5 Å². The summed E-state index contributed by atoms with van der Waals surface area (Å²) in [6.45, 7) is 4.45. The molecular weight excluding hydrogens is 361 g/mol. The van der Waals surface area contributed by atoms with Crippen molar-refractivity contribution in [1.82, 2.24) is 10.6 Å². The van der Waals surface area contributed by atoms with Crippen molar-refractivity contribution in [1.29, 1.82) is 0 Å². The molecule has 28 heavy (non-hydrogen) atoms. The van der Waals surface area contributed by atoms with Crippen molar-refractivity contribution in [3.63, 3.8) is 0 Å². The van der Waals surface area contributed by atoms with Crippen LogP contribution in [-0.4, -0.2) is 39.9 Å². The Morgan fingerprint density at radius 2 is 1.71 bits per heavy atom. The zero-order valence-corrected chi connectivity index (χ0v) is 17.0. The molecule has 0 radical (unpaired) electrons. The van der Waals surface area contributed by atoms with Crippen LogP contribution in [0, 0.1) is 5.82 Å². The summed E-state index contributed by atoms with van der Waals surface area (Å²) >= 11 is 0. The SMILES string of the molecule is CN=C(NCC(C)Oc1ccc(OC)cc1)NC(C)c1ccc(OC)c(F)c1. The van der Waals surface area contributed by atoms with Gasteiger partial charge in [-0.15, -0.1) is 0 Å². The first kappa shape index (κ1) is 21.3. The lowest BCUT2D eigenvalue weighted by Gasteiger charge is -2.21. The summed E-state index contributed by atoms with van der Waals surface area (Å²) in [5, 5.41) is 6.46. The number of hydrogen-bond donors (Lipinski definition) is 2. The Morgan fingerprint density at radius 1 is 1.04 bits per heavy atom. The molecule has 2 aromatic rings. The average molecular weight is 389 g/mol. The van der Waals surface area contributed by atoms with Crippen LogP contribution >= 0.6 is 0 Å². The van der Waals surface area contributed by atoms with Crippen LogP contribution in [0.5, 0.6) is 17.2 Å². The zero-order valence-electron chi connectivity index (χ0n) is 17.0. The molecule has 7 heteroatoms. The second-order valence-corrected chi connectivity index (χ2v) is 6.32. The van der Waals surface area contributed by atoms with E-state index in [9.17, 15) is 4.39 Å². The standard InChI is InChI=1S/C21H28FN3O3/c1-14(28-18-9-7-17(26-4)8-10-18)13-24-21(23-3)25-15(2)16-6-11-20(27-5)19(22)12-16/h6-12,14-15H,13H2,1-5H3,(H2,23,24,25). The predicted octanol–water partition coefficient (Wildman–Crippen LogP) is 3.54. The van der Waals surface area contributed by atoms with E-state index in [1.54, 1.807) is 20.2 Å². The van der Waals surface area contributed by atoms with Gasteiger partial charge in [0.05, 0.1) is 26.8 Å². The second kappa shape index (κ2) is 10.4. The Morgan fingerprint density at radius 3 is 2.29 bits per heavy atom. The number of nitrogens with one attached hydrogen (secondary N) is 2. The second-order valence-electron chi connectivity index (χ2n) is 6.32. The van der Waals surface area contributed by atoms with E-state index in [2.05, 4.69) is 15.6 Å². The van der Waals surface area contributed by atoms with Gasteiger partial charge >= 0.3 is 0 Å². The molecule has 2 atom stereocenters. The summed E-state index contributed by atoms with van der Waals surface area (Å²) in [4.78, 5) is 4.22. The van der Waals surface area contributed by atoms with Crippen LogP contribution in [0.3, 0.4) is 0 Å². The summed E-state index contributed by atoms with van der Waals surface area (Å²) in [6.07, 6.45) is -0.0827. The maximum atomic E-state index is 13.9. The highest BCUT2D eigenvalue weighted by Crippen LogP contribution is 2.21. The van der Waals surface area contributed by atoms with Crippen LogP contribution in [0.25, 0.3) is 0 Å². The Hall–Kier alpha value is -2.96. The van der Waals surface area contributed by atoms with Crippen molar-refractivity contribution in [2.45, 2.75) is 26.0 Å². The first-order valence-electron chi connectivity index (χ1n) is 9.08. The Kier molecular flexibility index (Phi) is 7.92.